The maximum Gasteiger partial charge on any atom is 0.308 e. The molecular formula is C19H26O4. The van der Waals surface area contributed by atoms with Crippen molar-refractivity contribution in [1.29, 1.82) is 0 Å². The van der Waals surface area contributed by atoms with Gasteiger partial charge in [-0.1, -0.05) is 36.9 Å². The fourth-order valence-corrected chi connectivity index (χ4v) is 1.57. The number of allylic oxidation sites excluding steroid dienone is 4. The van der Waals surface area contributed by atoms with Crippen molar-refractivity contribution in [2.24, 2.45) is 0 Å². The van der Waals surface area contributed by atoms with E-state index in [1.165, 1.54) is 24.6 Å². The molecule has 1 N–H and O–H groups in total. The first-order chi connectivity index (χ1) is 10.9. The van der Waals surface area contributed by atoms with Crippen LogP contribution in [0.2, 0.25) is 0 Å². The predicted molar refractivity (Wildman–Crippen MR) is 93.6 cm³/mol. The van der Waals surface area contributed by atoms with Crippen molar-refractivity contribution in [3.63, 3.8) is 0 Å². The molecule has 0 saturated heterocycles. The molecule has 0 aromatic heterocycles. The molecule has 4 heteroatoms. The summed E-state index contributed by atoms with van der Waals surface area (Å²) in [5, 5.41) is 8.93. The highest BCUT2D eigenvalue weighted by atomic mass is 16.5. The van der Waals surface area contributed by atoms with Crippen molar-refractivity contribution in [2.75, 3.05) is 7.11 Å². The van der Waals surface area contributed by atoms with E-state index in [-0.39, 0.29) is 11.9 Å². The summed E-state index contributed by atoms with van der Waals surface area (Å²) in [5.74, 6) is 0.0526. The molecule has 1 rings (SSSR count). The van der Waals surface area contributed by atoms with Gasteiger partial charge >= 0.3 is 5.97 Å². The van der Waals surface area contributed by atoms with Gasteiger partial charge in [0, 0.05) is 20.1 Å². The molecule has 0 spiro atoms. The molecule has 1 aromatic rings. The maximum absolute atomic E-state index is 10.4. The minimum absolute atomic E-state index is 0.0868. The van der Waals surface area contributed by atoms with E-state index in [4.69, 9.17) is 14.6 Å². The molecule has 126 valence electrons. The SMILES string of the molecule is C=C/C(=C\C=C/C)CC(C)OC.CC(=O)Oc1cccc(O)c1. The quantitative estimate of drug-likeness (QED) is 0.479. The van der Waals surface area contributed by atoms with Crippen molar-refractivity contribution < 1.29 is 19.4 Å². The lowest BCUT2D eigenvalue weighted by molar-refractivity contribution is -0.131. The Morgan fingerprint density at radius 3 is 2.61 bits per heavy atom. The first-order valence-electron chi connectivity index (χ1n) is 7.37. The Balaban J connectivity index is 0.000000422. The molecule has 0 saturated carbocycles. The number of carbonyl (C=O) groups is 1. The highest BCUT2D eigenvalue weighted by molar-refractivity contribution is 5.69. The summed E-state index contributed by atoms with van der Waals surface area (Å²) in [4.78, 5) is 10.4. The number of esters is 1. The molecule has 0 fully saturated rings. The molecule has 4 nitrogen and oxygen atoms in total. The van der Waals surface area contributed by atoms with Crippen LogP contribution in [0.25, 0.3) is 0 Å². The molecule has 0 aliphatic heterocycles. The standard InChI is InChI=1S/C11H18O.C8H8O3/c1-5-7-8-11(6-2)9-10(3)12-4;1-6(9)11-8-4-2-3-7(10)5-8/h5-8,10H,2,9H2,1,3-4H3;2-5,10H,1H3/b7-5-,11-8+;. The van der Waals surface area contributed by atoms with E-state index in [1.807, 2.05) is 32.1 Å². The second-order valence-electron chi connectivity index (χ2n) is 4.81. The van der Waals surface area contributed by atoms with Crippen LogP contribution in [0.4, 0.5) is 0 Å². The van der Waals surface area contributed by atoms with Crippen LogP contribution in [0.5, 0.6) is 11.5 Å². The number of hydrogen-bond donors (Lipinski definition) is 1. The molecule has 0 heterocycles. The van der Waals surface area contributed by atoms with Crippen molar-refractivity contribution >= 4 is 5.97 Å². The topological polar surface area (TPSA) is 55.8 Å². The smallest absolute Gasteiger partial charge is 0.308 e. The van der Waals surface area contributed by atoms with Crippen molar-refractivity contribution in [2.45, 2.75) is 33.3 Å². The number of methoxy groups -OCH3 is 1. The van der Waals surface area contributed by atoms with Crippen LogP contribution >= 0.6 is 0 Å². The zero-order valence-electron chi connectivity index (χ0n) is 14.3. The molecule has 0 radical (unpaired) electrons. The highest BCUT2D eigenvalue weighted by Crippen LogP contribution is 2.17. The van der Waals surface area contributed by atoms with Crippen LogP contribution in [0.15, 0.2) is 60.7 Å². The van der Waals surface area contributed by atoms with Gasteiger partial charge in [0.1, 0.15) is 11.5 Å². The third kappa shape index (κ3) is 11.0. The van der Waals surface area contributed by atoms with Crippen molar-refractivity contribution in [3.05, 3.63) is 60.7 Å². The van der Waals surface area contributed by atoms with Gasteiger partial charge in [0.2, 0.25) is 0 Å². The number of hydrogen-bond acceptors (Lipinski definition) is 4. The van der Waals surface area contributed by atoms with Gasteiger partial charge in [0.05, 0.1) is 6.10 Å². The fraction of sp³-hybridized carbons (Fsp3) is 0.316. The van der Waals surface area contributed by atoms with Gasteiger partial charge in [-0.25, -0.2) is 0 Å². The summed E-state index contributed by atoms with van der Waals surface area (Å²) in [6.45, 7) is 9.10. The fourth-order valence-electron chi connectivity index (χ4n) is 1.57. The van der Waals surface area contributed by atoms with Crippen LogP contribution in [0.1, 0.15) is 27.2 Å². The average Bonchev–Trinajstić information content (AvgIpc) is 2.51. The first kappa shape index (κ1) is 20.7. The normalized spacial score (nSPS) is 12.3. The summed E-state index contributed by atoms with van der Waals surface area (Å²) < 4.78 is 9.85. The van der Waals surface area contributed by atoms with Crippen LogP contribution in [0, 0.1) is 0 Å². The number of aromatic hydroxyl groups is 1. The summed E-state index contributed by atoms with van der Waals surface area (Å²) in [6.07, 6.45) is 9.13. The molecule has 0 aliphatic carbocycles. The van der Waals surface area contributed by atoms with Gasteiger partial charge in [-0.05, 0) is 38.0 Å². The Morgan fingerprint density at radius 1 is 1.43 bits per heavy atom. The van der Waals surface area contributed by atoms with E-state index in [0.29, 0.717) is 5.75 Å². The average molecular weight is 318 g/mol. The molecule has 23 heavy (non-hydrogen) atoms. The molecule has 1 atom stereocenters. The molecule has 1 unspecified atom stereocenters. The molecule has 0 amide bonds. The van der Waals surface area contributed by atoms with Crippen LogP contribution in [-0.2, 0) is 9.53 Å². The van der Waals surface area contributed by atoms with E-state index in [2.05, 4.69) is 12.7 Å². The molecule has 0 aliphatic rings. The van der Waals surface area contributed by atoms with Gasteiger partial charge < -0.3 is 14.6 Å². The van der Waals surface area contributed by atoms with E-state index in [9.17, 15) is 4.79 Å². The third-order valence-electron chi connectivity index (χ3n) is 2.77. The Kier molecular flexibility index (Phi) is 11.0. The van der Waals surface area contributed by atoms with E-state index < -0.39 is 5.97 Å². The number of phenolic OH excluding ortho intramolecular Hbond substituents is 1. The molecule has 0 bridgehead atoms. The second-order valence-corrected chi connectivity index (χ2v) is 4.81. The van der Waals surface area contributed by atoms with Crippen molar-refractivity contribution in [3.8, 4) is 11.5 Å². The number of carbonyl (C=O) groups excluding carboxylic acids is 1. The van der Waals surface area contributed by atoms with Crippen LogP contribution in [0.3, 0.4) is 0 Å². The number of rotatable bonds is 6. The minimum Gasteiger partial charge on any atom is -0.508 e. The Bertz CT molecular complexity index is 544. The first-order valence-corrected chi connectivity index (χ1v) is 7.37. The zero-order valence-corrected chi connectivity index (χ0v) is 14.3. The summed E-state index contributed by atoms with van der Waals surface area (Å²) in [6, 6.07) is 6.09. The summed E-state index contributed by atoms with van der Waals surface area (Å²) >= 11 is 0. The Hall–Kier alpha value is -2.33. The zero-order chi connectivity index (χ0) is 17.7. The third-order valence-corrected chi connectivity index (χ3v) is 2.77. The van der Waals surface area contributed by atoms with E-state index >= 15 is 0 Å². The largest absolute Gasteiger partial charge is 0.508 e. The Labute approximate surface area is 138 Å². The van der Waals surface area contributed by atoms with Gasteiger partial charge in [-0.3, -0.25) is 4.79 Å². The van der Waals surface area contributed by atoms with Crippen LogP contribution < -0.4 is 4.74 Å². The number of ether oxygens (including phenoxy) is 2. The van der Waals surface area contributed by atoms with Gasteiger partial charge in [-0.15, -0.1) is 0 Å². The summed E-state index contributed by atoms with van der Waals surface area (Å²) in [5.41, 5.74) is 1.21. The maximum atomic E-state index is 10.4. The number of benzene rings is 1. The van der Waals surface area contributed by atoms with Gasteiger partial charge in [0.15, 0.2) is 0 Å². The lowest BCUT2D eigenvalue weighted by Crippen LogP contribution is -2.04. The Morgan fingerprint density at radius 2 is 2.13 bits per heavy atom. The van der Waals surface area contributed by atoms with Crippen LogP contribution in [-0.4, -0.2) is 24.3 Å². The van der Waals surface area contributed by atoms with Gasteiger partial charge in [-0.2, -0.15) is 0 Å². The number of phenols is 1. The monoisotopic (exact) mass is 318 g/mol. The summed E-state index contributed by atoms with van der Waals surface area (Å²) in [7, 11) is 1.72. The van der Waals surface area contributed by atoms with E-state index in [0.717, 1.165) is 6.42 Å². The van der Waals surface area contributed by atoms with Crippen molar-refractivity contribution in [1.82, 2.24) is 0 Å². The molecule has 1 aromatic carbocycles. The molecular weight excluding hydrogens is 292 g/mol. The highest BCUT2D eigenvalue weighted by Gasteiger charge is 2.00. The lowest BCUT2D eigenvalue weighted by Gasteiger charge is -2.08. The van der Waals surface area contributed by atoms with E-state index in [1.54, 1.807) is 19.2 Å². The predicted octanol–water partition coefficient (Wildman–Crippen LogP) is 4.42. The van der Waals surface area contributed by atoms with Gasteiger partial charge in [0.25, 0.3) is 0 Å². The lowest BCUT2D eigenvalue weighted by atomic mass is 10.1. The second kappa shape index (κ2) is 12.2. The minimum atomic E-state index is -0.393.